The van der Waals surface area contributed by atoms with Gasteiger partial charge in [0.2, 0.25) is 0 Å². The van der Waals surface area contributed by atoms with Gasteiger partial charge in [0, 0.05) is 37.1 Å². The molecule has 0 fully saturated rings. The van der Waals surface area contributed by atoms with E-state index in [2.05, 4.69) is 39.4 Å². The van der Waals surface area contributed by atoms with Crippen LogP contribution in [0.2, 0.25) is 0 Å². The van der Waals surface area contributed by atoms with Crippen molar-refractivity contribution in [2.45, 2.75) is 6.92 Å². The molecule has 3 heterocycles. The molecule has 4 aromatic rings. The Kier molecular flexibility index (Phi) is 7.24. The first-order valence-corrected chi connectivity index (χ1v) is 9.74. The van der Waals surface area contributed by atoms with Crippen LogP contribution in [0.5, 0.6) is 0 Å². The Balaban J connectivity index is 0.000000310. The lowest BCUT2D eigenvalue weighted by Gasteiger charge is -2.10. The fourth-order valence-electron chi connectivity index (χ4n) is 2.68. The summed E-state index contributed by atoms with van der Waals surface area (Å²) in [5.74, 6) is -0.179. The normalized spacial score (nSPS) is 10.5. The highest BCUT2D eigenvalue weighted by Gasteiger charge is 2.09. The van der Waals surface area contributed by atoms with E-state index >= 15 is 0 Å². The molecular weight excluding hydrogens is 376 g/mol. The van der Waals surface area contributed by atoms with Gasteiger partial charge < -0.3 is 10.2 Å². The van der Waals surface area contributed by atoms with Crippen molar-refractivity contribution >= 4 is 11.6 Å². The van der Waals surface area contributed by atoms with Crippen LogP contribution in [0, 0.1) is 6.92 Å². The third-order valence-electron chi connectivity index (χ3n) is 4.31. The Morgan fingerprint density at radius 1 is 1.07 bits per heavy atom. The van der Waals surface area contributed by atoms with Crippen LogP contribution < -0.4 is 5.32 Å². The van der Waals surface area contributed by atoms with E-state index in [9.17, 15) is 4.79 Å². The van der Waals surface area contributed by atoms with Gasteiger partial charge in [-0.3, -0.25) is 4.79 Å². The molecule has 3 aromatic heterocycles. The van der Waals surface area contributed by atoms with Crippen molar-refractivity contribution in [3.8, 4) is 11.3 Å². The van der Waals surface area contributed by atoms with Crippen LogP contribution >= 0.6 is 0 Å². The SMILES string of the molecule is CN(C)CCNC(=O)c1cccc(-c2cnc3ccnn3c2)n1.Cc1ccccc1. The van der Waals surface area contributed by atoms with Crippen LogP contribution in [-0.4, -0.2) is 57.6 Å². The number of carbonyl (C=O) groups is 1. The van der Waals surface area contributed by atoms with Crippen molar-refractivity contribution in [2.24, 2.45) is 0 Å². The maximum atomic E-state index is 12.2. The quantitative estimate of drug-likeness (QED) is 0.555. The minimum Gasteiger partial charge on any atom is -0.349 e. The predicted octanol–water partition coefficient (Wildman–Crippen LogP) is 3.08. The molecule has 0 saturated carbocycles. The number of aryl methyl sites for hydroxylation is 1. The summed E-state index contributed by atoms with van der Waals surface area (Å²) in [7, 11) is 3.92. The predicted molar refractivity (Wildman–Crippen MR) is 118 cm³/mol. The largest absolute Gasteiger partial charge is 0.349 e. The average Bonchev–Trinajstić information content (AvgIpc) is 3.22. The van der Waals surface area contributed by atoms with Crippen LogP contribution in [-0.2, 0) is 0 Å². The summed E-state index contributed by atoms with van der Waals surface area (Å²) >= 11 is 0. The average molecular weight is 403 g/mol. The van der Waals surface area contributed by atoms with E-state index in [1.165, 1.54) is 5.56 Å². The van der Waals surface area contributed by atoms with Crippen molar-refractivity contribution < 1.29 is 4.79 Å². The molecule has 0 aliphatic rings. The number of hydrogen-bond acceptors (Lipinski definition) is 5. The first-order chi connectivity index (χ1) is 14.5. The first-order valence-electron chi connectivity index (χ1n) is 9.74. The Morgan fingerprint density at radius 3 is 2.57 bits per heavy atom. The molecule has 4 rings (SSSR count). The summed E-state index contributed by atoms with van der Waals surface area (Å²) in [5.41, 5.74) is 3.98. The number of benzene rings is 1. The number of carbonyl (C=O) groups excluding carboxylic acids is 1. The van der Waals surface area contributed by atoms with E-state index in [4.69, 9.17) is 0 Å². The summed E-state index contributed by atoms with van der Waals surface area (Å²) in [6.07, 6.45) is 5.26. The van der Waals surface area contributed by atoms with Crippen molar-refractivity contribution in [1.29, 1.82) is 0 Å². The molecule has 0 aliphatic heterocycles. The highest BCUT2D eigenvalue weighted by Crippen LogP contribution is 2.16. The minimum absolute atomic E-state index is 0.179. The summed E-state index contributed by atoms with van der Waals surface area (Å²) in [6, 6.07) is 17.5. The highest BCUT2D eigenvalue weighted by molar-refractivity contribution is 5.92. The summed E-state index contributed by atoms with van der Waals surface area (Å²) in [6.45, 7) is 3.45. The molecule has 154 valence electrons. The Morgan fingerprint density at radius 2 is 1.87 bits per heavy atom. The van der Waals surface area contributed by atoms with Gasteiger partial charge in [-0.05, 0) is 33.2 Å². The van der Waals surface area contributed by atoms with E-state index in [0.29, 0.717) is 17.9 Å². The molecule has 30 heavy (non-hydrogen) atoms. The standard InChI is InChI=1S/C16H18N6O.C7H8/c1-21(2)9-8-17-16(23)14-5-3-4-13(20-14)12-10-18-15-6-7-19-22(15)11-12;1-7-5-3-2-4-6-7/h3-7,10-11H,8-9H2,1-2H3,(H,17,23);2-6H,1H3. The van der Waals surface area contributed by atoms with Crippen molar-refractivity contribution in [3.05, 3.63) is 84.4 Å². The van der Waals surface area contributed by atoms with Crippen LogP contribution in [0.25, 0.3) is 16.9 Å². The van der Waals surface area contributed by atoms with Gasteiger partial charge in [-0.1, -0.05) is 42.0 Å². The molecule has 0 atom stereocenters. The summed E-state index contributed by atoms with van der Waals surface area (Å²) in [4.78, 5) is 22.9. The molecule has 0 bridgehead atoms. The highest BCUT2D eigenvalue weighted by atomic mass is 16.1. The molecule has 0 saturated heterocycles. The molecule has 0 radical (unpaired) electrons. The summed E-state index contributed by atoms with van der Waals surface area (Å²) < 4.78 is 1.68. The van der Waals surface area contributed by atoms with Crippen LogP contribution in [0.15, 0.2) is 73.2 Å². The van der Waals surface area contributed by atoms with E-state index in [0.717, 1.165) is 17.8 Å². The van der Waals surface area contributed by atoms with Crippen LogP contribution in [0.3, 0.4) is 0 Å². The second-order valence-electron chi connectivity index (χ2n) is 7.10. The zero-order chi connectivity index (χ0) is 21.3. The number of likely N-dealkylation sites (N-methyl/N-ethyl adjacent to an activating group) is 1. The van der Waals surface area contributed by atoms with Gasteiger partial charge in [0.15, 0.2) is 5.65 Å². The zero-order valence-electron chi connectivity index (χ0n) is 17.5. The molecule has 1 amide bonds. The van der Waals surface area contributed by atoms with E-state index in [-0.39, 0.29) is 5.91 Å². The maximum absolute atomic E-state index is 12.2. The van der Waals surface area contributed by atoms with Gasteiger partial charge in [0.05, 0.1) is 11.9 Å². The smallest absolute Gasteiger partial charge is 0.269 e. The van der Waals surface area contributed by atoms with Gasteiger partial charge in [0.25, 0.3) is 5.91 Å². The van der Waals surface area contributed by atoms with Gasteiger partial charge in [-0.15, -0.1) is 0 Å². The topological polar surface area (TPSA) is 75.4 Å². The summed E-state index contributed by atoms with van der Waals surface area (Å²) in [5, 5.41) is 7.02. The van der Waals surface area contributed by atoms with E-state index < -0.39 is 0 Å². The van der Waals surface area contributed by atoms with Crippen LogP contribution in [0.4, 0.5) is 0 Å². The molecule has 1 N–H and O–H groups in total. The first kappa shape index (κ1) is 21.1. The molecule has 0 spiro atoms. The third-order valence-corrected chi connectivity index (χ3v) is 4.31. The number of fused-ring (bicyclic) bond motifs is 1. The molecule has 7 heteroatoms. The van der Waals surface area contributed by atoms with E-state index in [1.807, 2.05) is 61.6 Å². The lowest BCUT2D eigenvalue weighted by Crippen LogP contribution is -2.31. The lowest BCUT2D eigenvalue weighted by atomic mass is 10.2. The Labute approximate surface area is 176 Å². The second-order valence-corrected chi connectivity index (χ2v) is 7.10. The van der Waals surface area contributed by atoms with Crippen molar-refractivity contribution in [3.63, 3.8) is 0 Å². The molecule has 7 nitrogen and oxygen atoms in total. The fourth-order valence-corrected chi connectivity index (χ4v) is 2.68. The molecular formula is C23H26N6O. The van der Waals surface area contributed by atoms with Crippen molar-refractivity contribution in [1.82, 2.24) is 29.8 Å². The van der Waals surface area contributed by atoms with Crippen LogP contribution in [0.1, 0.15) is 16.1 Å². The minimum atomic E-state index is -0.179. The van der Waals surface area contributed by atoms with Gasteiger partial charge in [-0.25, -0.2) is 14.5 Å². The fraction of sp³-hybridized carbons (Fsp3) is 0.217. The number of amides is 1. The number of rotatable bonds is 5. The second kappa shape index (κ2) is 10.3. The maximum Gasteiger partial charge on any atom is 0.269 e. The Bertz CT molecular complexity index is 1090. The van der Waals surface area contributed by atoms with Gasteiger partial charge >= 0.3 is 0 Å². The number of hydrogen-bond donors (Lipinski definition) is 1. The van der Waals surface area contributed by atoms with Crippen molar-refractivity contribution in [2.75, 3.05) is 27.2 Å². The van der Waals surface area contributed by atoms with Gasteiger partial charge in [-0.2, -0.15) is 5.10 Å². The zero-order valence-corrected chi connectivity index (χ0v) is 17.5. The third kappa shape index (κ3) is 5.96. The van der Waals surface area contributed by atoms with Gasteiger partial charge in [0.1, 0.15) is 5.69 Å². The number of nitrogens with one attached hydrogen (secondary N) is 1. The Hall–Kier alpha value is -3.58. The molecule has 1 aromatic carbocycles. The monoisotopic (exact) mass is 402 g/mol. The number of pyridine rings is 1. The lowest BCUT2D eigenvalue weighted by molar-refractivity contribution is 0.0946. The number of aromatic nitrogens is 4. The van der Waals surface area contributed by atoms with E-state index in [1.54, 1.807) is 23.0 Å². The molecule has 0 aliphatic carbocycles. The number of nitrogens with zero attached hydrogens (tertiary/aromatic N) is 5. The molecule has 0 unspecified atom stereocenters.